The second-order valence-electron chi connectivity index (χ2n) is 7.14. The van der Waals surface area contributed by atoms with E-state index in [4.69, 9.17) is 21.7 Å². The Bertz CT molecular complexity index is 1060. The van der Waals surface area contributed by atoms with Gasteiger partial charge in [-0.25, -0.2) is 0 Å². The maximum absolute atomic E-state index is 12.7. The molecule has 0 radical (unpaired) electrons. The van der Waals surface area contributed by atoms with Crippen LogP contribution in [0, 0.1) is 6.92 Å². The summed E-state index contributed by atoms with van der Waals surface area (Å²) in [4.78, 5) is 17.7. The van der Waals surface area contributed by atoms with Crippen LogP contribution < -0.4 is 15.6 Å². The second kappa shape index (κ2) is 10.2. The molecule has 3 aromatic rings. The average molecular weight is 426 g/mol. The quantitative estimate of drug-likeness (QED) is 0.426. The molecule has 30 heavy (non-hydrogen) atoms. The summed E-state index contributed by atoms with van der Waals surface area (Å²) in [5.41, 5.74) is 3.60. The largest absolute Gasteiger partial charge is 0.497 e. The zero-order valence-corrected chi connectivity index (χ0v) is 18.3. The average Bonchev–Trinajstić information content (AvgIpc) is 2.74. The van der Waals surface area contributed by atoms with Crippen LogP contribution in [-0.4, -0.2) is 42.4 Å². The van der Waals surface area contributed by atoms with Crippen LogP contribution in [0.15, 0.2) is 53.3 Å². The normalized spacial score (nSPS) is 10.8. The number of hydrogen-bond acceptors (Lipinski definition) is 4. The molecule has 1 heterocycles. The highest BCUT2D eigenvalue weighted by atomic mass is 32.1. The number of fused-ring (bicyclic) bond motifs is 1. The van der Waals surface area contributed by atoms with E-state index < -0.39 is 0 Å². The minimum Gasteiger partial charge on any atom is -0.497 e. The van der Waals surface area contributed by atoms with Crippen molar-refractivity contribution in [2.75, 3.05) is 27.4 Å². The van der Waals surface area contributed by atoms with E-state index in [-0.39, 0.29) is 5.56 Å². The third kappa shape index (κ3) is 5.58. The van der Waals surface area contributed by atoms with Crippen molar-refractivity contribution in [1.82, 2.24) is 15.2 Å². The number of ether oxygens (including phenoxy) is 2. The topological polar surface area (TPSA) is 66.6 Å². The van der Waals surface area contributed by atoms with Crippen molar-refractivity contribution < 1.29 is 9.47 Å². The highest BCUT2D eigenvalue weighted by Crippen LogP contribution is 2.17. The molecule has 158 valence electrons. The van der Waals surface area contributed by atoms with Crippen LogP contribution in [0.5, 0.6) is 5.75 Å². The molecular formula is C23H27N3O3S. The van der Waals surface area contributed by atoms with E-state index in [9.17, 15) is 4.79 Å². The first kappa shape index (κ1) is 21.8. The molecule has 7 heteroatoms. The number of benzene rings is 2. The fourth-order valence-corrected chi connectivity index (χ4v) is 3.45. The van der Waals surface area contributed by atoms with Crippen molar-refractivity contribution in [2.45, 2.75) is 20.0 Å². The predicted octanol–water partition coefficient (Wildman–Crippen LogP) is 3.37. The van der Waals surface area contributed by atoms with E-state index in [2.05, 4.69) is 16.4 Å². The van der Waals surface area contributed by atoms with Crippen LogP contribution >= 0.6 is 12.2 Å². The van der Waals surface area contributed by atoms with Gasteiger partial charge in [0.1, 0.15) is 5.75 Å². The molecule has 2 aromatic carbocycles. The molecule has 1 aromatic heterocycles. The van der Waals surface area contributed by atoms with Crippen LogP contribution in [0.3, 0.4) is 0 Å². The van der Waals surface area contributed by atoms with Crippen LogP contribution in [0.2, 0.25) is 0 Å². The number of rotatable bonds is 8. The van der Waals surface area contributed by atoms with Gasteiger partial charge in [-0.1, -0.05) is 23.8 Å². The standard InChI is InChI=1S/C23H27N3O3S/c1-16-4-9-21-18(12-16)13-19(22(27)25-21)15-26(23(30)24-10-11-28-2)14-17-5-7-20(29-3)8-6-17/h4-9,12-13H,10-11,14-15H2,1-3H3,(H,24,30)(H,25,27). The lowest BCUT2D eigenvalue weighted by atomic mass is 10.1. The summed E-state index contributed by atoms with van der Waals surface area (Å²) in [6.07, 6.45) is 0. The number of nitrogens with zero attached hydrogens (tertiary/aromatic N) is 1. The SMILES string of the molecule is COCCNC(=S)N(Cc1ccc(OC)cc1)Cc1cc2cc(C)ccc2[nH]c1=O. The fraction of sp³-hybridized carbons (Fsp3) is 0.304. The van der Waals surface area contributed by atoms with Crippen molar-refractivity contribution in [3.05, 3.63) is 75.6 Å². The fourth-order valence-electron chi connectivity index (χ4n) is 3.22. The molecule has 0 aliphatic rings. The number of hydrogen-bond donors (Lipinski definition) is 2. The summed E-state index contributed by atoms with van der Waals surface area (Å²) in [5.74, 6) is 0.799. The Kier molecular flexibility index (Phi) is 7.43. The number of pyridine rings is 1. The summed E-state index contributed by atoms with van der Waals surface area (Å²) in [5, 5.41) is 4.79. The molecule has 0 atom stereocenters. The maximum atomic E-state index is 12.7. The molecule has 0 fully saturated rings. The summed E-state index contributed by atoms with van der Waals surface area (Å²) in [7, 11) is 3.29. The van der Waals surface area contributed by atoms with Crippen molar-refractivity contribution in [3.63, 3.8) is 0 Å². The second-order valence-corrected chi connectivity index (χ2v) is 7.53. The van der Waals surface area contributed by atoms with Crippen molar-refractivity contribution in [2.24, 2.45) is 0 Å². The Morgan fingerprint density at radius 1 is 1.10 bits per heavy atom. The van der Waals surface area contributed by atoms with Gasteiger partial charge < -0.3 is 24.7 Å². The molecule has 0 unspecified atom stereocenters. The Morgan fingerprint density at radius 2 is 1.87 bits per heavy atom. The van der Waals surface area contributed by atoms with E-state index in [1.54, 1.807) is 14.2 Å². The molecule has 0 amide bonds. The number of aromatic nitrogens is 1. The van der Waals surface area contributed by atoms with Gasteiger partial charge in [0.25, 0.3) is 5.56 Å². The third-order valence-corrected chi connectivity index (χ3v) is 5.24. The van der Waals surface area contributed by atoms with Gasteiger partial charge in [0, 0.05) is 31.3 Å². The van der Waals surface area contributed by atoms with Gasteiger partial charge in [-0.2, -0.15) is 0 Å². The summed E-state index contributed by atoms with van der Waals surface area (Å²) in [6, 6.07) is 15.8. The minimum absolute atomic E-state index is 0.106. The first-order chi connectivity index (χ1) is 14.5. The van der Waals surface area contributed by atoms with Gasteiger partial charge in [-0.05, 0) is 60.4 Å². The van der Waals surface area contributed by atoms with Crippen LogP contribution in [-0.2, 0) is 17.8 Å². The summed E-state index contributed by atoms with van der Waals surface area (Å²) >= 11 is 5.62. The molecule has 0 saturated carbocycles. The van der Waals surface area contributed by atoms with Crippen LogP contribution in [0.25, 0.3) is 10.9 Å². The maximum Gasteiger partial charge on any atom is 0.253 e. The van der Waals surface area contributed by atoms with E-state index in [0.717, 1.165) is 27.8 Å². The molecule has 0 bridgehead atoms. The lowest BCUT2D eigenvalue weighted by Gasteiger charge is -2.26. The van der Waals surface area contributed by atoms with Crippen molar-refractivity contribution >= 4 is 28.2 Å². The first-order valence-electron chi connectivity index (χ1n) is 9.77. The molecule has 0 spiro atoms. The first-order valence-corrected chi connectivity index (χ1v) is 10.2. The Hall–Kier alpha value is -2.90. The van der Waals surface area contributed by atoms with E-state index in [0.29, 0.717) is 36.9 Å². The molecule has 2 N–H and O–H groups in total. The lowest BCUT2D eigenvalue weighted by molar-refractivity contribution is 0.202. The monoisotopic (exact) mass is 425 g/mol. The van der Waals surface area contributed by atoms with Gasteiger partial charge >= 0.3 is 0 Å². The van der Waals surface area contributed by atoms with E-state index in [1.165, 1.54) is 0 Å². The molecular weight excluding hydrogens is 398 g/mol. The van der Waals surface area contributed by atoms with Gasteiger partial charge in [0.05, 0.1) is 20.3 Å². The van der Waals surface area contributed by atoms with Gasteiger partial charge in [-0.15, -0.1) is 0 Å². The smallest absolute Gasteiger partial charge is 0.253 e. The molecule has 0 saturated heterocycles. The molecule has 3 rings (SSSR count). The third-order valence-electron chi connectivity index (χ3n) is 4.84. The van der Waals surface area contributed by atoms with Gasteiger partial charge in [0.2, 0.25) is 0 Å². The summed E-state index contributed by atoms with van der Waals surface area (Å²) < 4.78 is 10.3. The highest BCUT2D eigenvalue weighted by molar-refractivity contribution is 7.80. The Balaban J connectivity index is 1.86. The zero-order chi connectivity index (χ0) is 21.5. The number of thiocarbonyl (C=S) groups is 1. The van der Waals surface area contributed by atoms with E-state index in [1.807, 2.05) is 54.3 Å². The van der Waals surface area contributed by atoms with Crippen LogP contribution in [0.1, 0.15) is 16.7 Å². The Morgan fingerprint density at radius 3 is 2.57 bits per heavy atom. The van der Waals surface area contributed by atoms with E-state index >= 15 is 0 Å². The highest BCUT2D eigenvalue weighted by Gasteiger charge is 2.14. The molecule has 0 aliphatic carbocycles. The van der Waals surface area contributed by atoms with Gasteiger partial charge in [0.15, 0.2) is 5.11 Å². The van der Waals surface area contributed by atoms with Crippen LogP contribution in [0.4, 0.5) is 0 Å². The minimum atomic E-state index is -0.106. The number of aryl methyl sites for hydroxylation is 1. The number of aromatic amines is 1. The number of methoxy groups -OCH3 is 2. The predicted molar refractivity (Wildman–Crippen MR) is 124 cm³/mol. The Labute approximate surface area is 181 Å². The lowest BCUT2D eigenvalue weighted by Crippen LogP contribution is -2.41. The summed E-state index contributed by atoms with van der Waals surface area (Å²) in [6.45, 7) is 4.14. The number of H-pyrrole nitrogens is 1. The molecule has 6 nitrogen and oxygen atoms in total. The van der Waals surface area contributed by atoms with Crippen molar-refractivity contribution in [1.29, 1.82) is 0 Å². The molecule has 0 aliphatic heterocycles. The number of nitrogens with one attached hydrogen (secondary N) is 2. The van der Waals surface area contributed by atoms with Crippen molar-refractivity contribution in [3.8, 4) is 5.75 Å². The van der Waals surface area contributed by atoms with Gasteiger partial charge in [-0.3, -0.25) is 4.79 Å². The zero-order valence-electron chi connectivity index (χ0n) is 17.5.